The molecule has 4 nitrogen and oxygen atoms in total. The van der Waals surface area contributed by atoms with E-state index in [1.54, 1.807) is 18.2 Å². The van der Waals surface area contributed by atoms with Crippen LogP contribution in [-0.2, 0) is 4.43 Å². The van der Waals surface area contributed by atoms with E-state index in [-0.39, 0.29) is 15.9 Å². The largest absolute Gasteiger partial charge is 0.543 e. The number of ketones is 1. The highest BCUT2D eigenvalue weighted by Gasteiger charge is 2.42. The second-order valence-electron chi connectivity index (χ2n) is 10.3. The van der Waals surface area contributed by atoms with Crippen LogP contribution in [0.2, 0.25) is 36.3 Å². The molecule has 0 bridgehead atoms. The van der Waals surface area contributed by atoms with Crippen molar-refractivity contribution in [3.8, 4) is 5.75 Å². The Balaban J connectivity index is 3.40. The van der Waals surface area contributed by atoms with E-state index >= 15 is 0 Å². The molecule has 1 aromatic carbocycles. The van der Waals surface area contributed by atoms with Gasteiger partial charge < -0.3 is 8.85 Å². The summed E-state index contributed by atoms with van der Waals surface area (Å²) in [6.07, 6.45) is 0. The summed E-state index contributed by atoms with van der Waals surface area (Å²) < 4.78 is 12.4. The average molecular weight is 409 g/mol. The van der Waals surface area contributed by atoms with Gasteiger partial charge in [-0.3, -0.25) is 4.79 Å². The molecule has 0 saturated carbocycles. The van der Waals surface area contributed by atoms with Crippen LogP contribution < -0.4 is 4.43 Å². The van der Waals surface area contributed by atoms with Crippen LogP contribution in [0.5, 0.6) is 5.75 Å². The minimum atomic E-state index is -2.29. The van der Waals surface area contributed by atoms with Crippen LogP contribution in [0.1, 0.15) is 69.2 Å². The number of carbonyl (C=O) groups excluding carboxylic acids is 2. The summed E-state index contributed by atoms with van der Waals surface area (Å²) in [5.74, 6) is 0.0176. The van der Waals surface area contributed by atoms with E-state index in [0.29, 0.717) is 16.9 Å². The summed E-state index contributed by atoms with van der Waals surface area (Å²) >= 11 is 0. The lowest BCUT2D eigenvalue weighted by molar-refractivity contribution is 0.0710. The quantitative estimate of drug-likeness (QED) is 0.416. The van der Waals surface area contributed by atoms with Crippen LogP contribution in [0.3, 0.4) is 0 Å². The van der Waals surface area contributed by atoms with E-state index < -0.39 is 22.6 Å². The van der Waals surface area contributed by atoms with Gasteiger partial charge in [-0.1, -0.05) is 41.5 Å². The fourth-order valence-corrected chi connectivity index (χ4v) is 3.78. The van der Waals surface area contributed by atoms with E-state index in [1.807, 2.05) is 13.1 Å². The molecule has 0 unspecified atom stereocenters. The molecule has 152 valence electrons. The number of Topliss-reactive ketones (excluding diaryl/α,β-unsaturated/α-hetero) is 1. The number of rotatable bonds is 5. The Morgan fingerprint density at radius 2 is 1.33 bits per heavy atom. The molecule has 0 saturated heterocycles. The SMILES string of the molecule is CC(=O)c1ccc(O[Si](C)(C)C(C)(C)C)c(C(=O)O[Si](C)(C)C(C)(C)C)c1. The maximum absolute atomic E-state index is 13.1. The van der Waals surface area contributed by atoms with Crippen molar-refractivity contribution in [2.75, 3.05) is 0 Å². The molecule has 6 heteroatoms. The molecule has 0 atom stereocenters. The summed E-state index contributed by atoms with van der Waals surface area (Å²) in [6.45, 7) is 22.5. The molecule has 0 amide bonds. The molecule has 0 heterocycles. The molecule has 0 radical (unpaired) electrons. The molecule has 0 spiro atoms. The molecule has 1 aromatic rings. The van der Waals surface area contributed by atoms with Gasteiger partial charge >= 0.3 is 5.97 Å². The maximum Gasteiger partial charge on any atom is 0.328 e. The fraction of sp³-hybridized carbons (Fsp3) is 0.619. The van der Waals surface area contributed by atoms with Crippen LogP contribution in [0.25, 0.3) is 0 Å². The standard InChI is InChI=1S/C21H36O4Si2/c1-15(22)16-12-13-18(24-26(8,9)20(2,3)4)17(14-16)19(23)25-27(10,11)21(5,6)7/h12-14H,1-11H3. The highest BCUT2D eigenvalue weighted by atomic mass is 28.4. The third-order valence-corrected chi connectivity index (χ3v) is 14.6. The van der Waals surface area contributed by atoms with E-state index in [9.17, 15) is 9.59 Å². The second-order valence-corrected chi connectivity index (χ2v) is 19.7. The number of hydrogen-bond donors (Lipinski definition) is 0. The normalized spacial score (nSPS) is 13.3. The summed E-state index contributed by atoms with van der Waals surface area (Å²) in [4.78, 5) is 24.9. The Morgan fingerprint density at radius 3 is 1.74 bits per heavy atom. The molecular weight excluding hydrogens is 372 g/mol. The van der Waals surface area contributed by atoms with Crippen LogP contribution in [-0.4, -0.2) is 28.4 Å². The molecule has 0 aliphatic carbocycles. The lowest BCUT2D eigenvalue weighted by Crippen LogP contribution is -2.45. The van der Waals surface area contributed by atoms with Crippen molar-refractivity contribution in [1.82, 2.24) is 0 Å². The van der Waals surface area contributed by atoms with Gasteiger partial charge in [0.05, 0.1) is 5.56 Å². The lowest BCUT2D eigenvalue weighted by atomic mass is 10.1. The molecular formula is C21H36O4Si2. The van der Waals surface area contributed by atoms with E-state index in [2.05, 4.69) is 54.6 Å². The fourth-order valence-electron chi connectivity index (χ4n) is 1.87. The molecule has 1 rings (SSSR count). The first kappa shape index (κ1) is 23.6. The Bertz CT molecular complexity index is 723. The molecule has 0 aliphatic rings. The van der Waals surface area contributed by atoms with Crippen LogP contribution in [0, 0.1) is 0 Å². The van der Waals surface area contributed by atoms with Gasteiger partial charge in [-0.2, -0.15) is 0 Å². The Hall–Kier alpha value is -1.41. The first-order valence-corrected chi connectivity index (χ1v) is 15.3. The first-order valence-electron chi connectivity index (χ1n) is 9.46. The zero-order chi connectivity index (χ0) is 21.4. The Morgan fingerprint density at radius 1 is 0.852 bits per heavy atom. The van der Waals surface area contributed by atoms with E-state index in [1.165, 1.54) is 6.92 Å². The summed E-state index contributed by atoms with van der Waals surface area (Å²) in [7, 11) is -4.44. The van der Waals surface area contributed by atoms with Gasteiger partial charge in [0, 0.05) is 5.56 Å². The van der Waals surface area contributed by atoms with Crippen molar-refractivity contribution in [3.05, 3.63) is 29.3 Å². The zero-order valence-electron chi connectivity index (χ0n) is 18.9. The highest BCUT2D eigenvalue weighted by molar-refractivity contribution is 6.76. The summed E-state index contributed by atoms with van der Waals surface area (Å²) in [5.41, 5.74) is 0.831. The molecule has 0 fully saturated rings. The highest BCUT2D eigenvalue weighted by Crippen LogP contribution is 2.40. The number of hydrogen-bond acceptors (Lipinski definition) is 4. The van der Waals surface area contributed by atoms with Gasteiger partial charge in [-0.25, -0.2) is 4.79 Å². The first-order chi connectivity index (χ1) is 11.9. The smallest absolute Gasteiger partial charge is 0.328 e. The van der Waals surface area contributed by atoms with Crippen molar-refractivity contribution in [2.45, 2.75) is 84.7 Å². The van der Waals surface area contributed by atoms with Gasteiger partial charge in [0.25, 0.3) is 16.6 Å². The van der Waals surface area contributed by atoms with Crippen molar-refractivity contribution >= 4 is 28.4 Å². The van der Waals surface area contributed by atoms with E-state index in [0.717, 1.165) is 0 Å². The minimum Gasteiger partial charge on any atom is -0.543 e. The van der Waals surface area contributed by atoms with Crippen molar-refractivity contribution in [2.24, 2.45) is 0 Å². The minimum absolute atomic E-state index is 0.00709. The number of carbonyl (C=O) groups is 2. The monoisotopic (exact) mass is 408 g/mol. The second kappa shape index (κ2) is 7.55. The van der Waals surface area contributed by atoms with Crippen molar-refractivity contribution in [3.63, 3.8) is 0 Å². The predicted molar refractivity (Wildman–Crippen MR) is 117 cm³/mol. The van der Waals surface area contributed by atoms with Crippen molar-refractivity contribution < 1.29 is 18.4 Å². The topological polar surface area (TPSA) is 52.6 Å². The number of benzene rings is 1. The van der Waals surface area contributed by atoms with Crippen LogP contribution in [0.15, 0.2) is 18.2 Å². The van der Waals surface area contributed by atoms with Gasteiger partial charge in [0.15, 0.2) is 5.78 Å². The Kier molecular flexibility index (Phi) is 6.61. The third kappa shape index (κ3) is 5.54. The molecule has 27 heavy (non-hydrogen) atoms. The molecule has 0 aliphatic heterocycles. The third-order valence-electron chi connectivity index (χ3n) is 5.93. The lowest BCUT2D eigenvalue weighted by Gasteiger charge is -2.38. The Labute approximate surface area is 166 Å². The summed E-state index contributed by atoms with van der Waals surface area (Å²) in [6, 6.07) is 5.06. The molecule has 0 N–H and O–H groups in total. The molecule has 0 aromatic heterocycles. The van der Waals surface area contributed by atoms with E-state index in [4.69, 9.17) is 8.85 Å². The van der Waals surface area contributed by atoms with Crippen molar-refractivity contribution in [1.29, 1.82) is 0 Å². The van der Waals surface area contributed by atoms with Gasteiger partial charge in [-0.15, -0.1) is 0 Å². The summed E-state index contributed by atoms with van der Waals surface area (Å²) in [5, 5.41) is -0.103. The predicted octanol–water partition coefficient (Wildman–Crippen LogP) is 6.44. The van der Waals surface area contributed by atoms with Crippen LogP contribution >= 0.6 is 0 Å². The van der Waals surface area contributed by atoms with Crippen LogP contribution in [0.4, 0.5) is 0 Å². The van der Waals surface area contributed by atoms with Gasteiger partial charge in [-0.05, 0) is 61.4 Å². The zero-order valence-corrected chi connectivity index (χ0v) is 20.9. The van der Waals surface area contributed by atoms with Gasteiger partial charge in [0.1, 0.15) is 5.75 Å². The average Bonchev–Trinajstić information content (AvgIpc) is 2.43. The maximum atomic E-state index is 13.1. The van der Waals surface area contributed by atoms with Gasteiger partial charge in [0.2, 0.25) is 0 Å².